The van der Waals surface area contributed by atoms with Crippen LogP contribution in [0.15, 0.2) is 0 Å². The van der Waals surface area contributed by atoms with Crippen LogP contribution in [-0.4, -0.2) is 24.3 Å². The number of hydrogen-bond donors (Lipinski definition) is 0. The largest absolute Gasteiger partial charge is 0.361 e. The minimum atomic E-state index is 0.0278. The Labute approximate surface area is 61.2 Å². The van der Waals surface area contributed by atoms with Crippen LogP contribution in [0, 0.1) is 11.5 Å². The zero-order chi connectivity index (χ0) is 7.56. The molecule has 0 aliphatic carbocycles. The summed E-state index contributed by atoms with van der Waals surface area (Å²) >= 11 is 0. The average molecular weight is 140 g/mol. The van der Waals surface area contributed by atoms with E-state index in [0.29, 0.717) is 6.04 Å². The second kappa shape index (κ2) is 2.89. The van der Waals surface area contributed by atoms with E-state index in [1.54, 1.807) is 12.0 Å². The summed E-state index contributed by atoms with van der Waals surface area (Å²) in [7, 11) is 1.65. The quantitative estimate of drug-likeness (QED) is 0.508. The number of hydrogen-bond acceptors (Lipinski definition) is 3. The van der Waals surface area contributed by atoms with E-state index in [1.165, 1.54) is 0 Å². The maximum absolute atomic E-state index is 8.63. The average Bonchev–Trinajstić information content (AvgIpc) is 2.30. The highest BCUT2D eigenvalue weighted by Gasteiger charge is 2.29. The third kappa shape index (κ3) is 1.07. The van der Waals surface area contributed by atoms with Gasteiger partial charge in [0, 0.05) is 13.2 Å². The molecule has 1 aliphatic heterocycles. The van der Waals surface area contributed by atoms with Crippen LogP contribution in [0.4, 0.5) is 0 Å². The van der Waals surface area contributed by atoms with Crippen molar-refractivity contribution in [3.05, 3.63) is 0 Å². The fraction of sp³-hybridized carbons (Fsp3) is 0.857. The van der Waals surface area contributed by atoms with E-state index in [9.17, 15) is 0 Å². The molecule has 0 saturated carbocycles. The minimum absolute atomic E-state index is 0.0278. The first-order valence-corrected chi connectivity index (χ1v) is 3.50. The standard InChI is InChI=1S/C7H12N2O/c1-6-3-4-7(10-2)9(6)5-8/h6-7H,3-4H2,1-2H3. The molecule has 0 amide bonds. The number of nitrogens with zero attached hydrogens (tertiary/aromatic N) is 2. The molecule has 2 atom stereocenters. The number of likely N-dealkylation sites (tertiary alicyclic amines) is 1. The molecule has 3 heteroatoms. The van der Waals surface area contributed by atoms with Crippen molar-refractivity contribution in [1.29, 1.82) is 5.26 Å². The fourth-order valence-electron chi connectivity index (χ4n) is 1.34. The molecule has 0 aromatic carbocycles. The van der Waals surface area contributed by atoms with Crippen LogP contribution in [0.2, 0.25) is 0 Å². The van der Waals surface area contributed by atoms with Crippen molar-refractivity contribution in [3.63, 3.8) is 0 Å². The van der Waals surface area contributed by atoms with Crippen molar-refractivity contribution in [2.45, 2.75) is 32.0 Å². The molecule has 3 nitrogen and oxygen atoms in total. The lowest BCUT2D eigenvalue weighted by Crippen LogP contribution is -2.30. The van der Waals surface area contributed by atoms with E-state index in [2.05, 4.69) is 6.19 Å². The number of ether oxygens (including phenoxy) is 1. The summed E-state index contributed by atoms with van der Waals surface area (Å²) in [5.41, 5.74) is 0. The molecule has 10 heavy (non-hydrogen) atoms. The first kappa shape index (κ1) is 7.36. The molecule has 1 rings (SSSR count). The Morgan fingerprint density at radius 3 is 2.70 bits per heavy atom. The van der Waals surface area contributed by atoms with E-state index in [0.717, 1.165) is 12.8 Å². The Bertz CT molecular complexity index is 152. The zero-order valence-corrected chi connectivity index (χ0v) is 6.37. The summed E-state index contributed by atoms with van der Waals surface area (Å²) in [6, 6.07) is 0.356. The molecule has 0 bridgehead atoms. The molecule has 0 aromatic rings. The van der Waals surface area contributed by atoms with Crippen LogP contribution in [0.3, 0.4) is 0 Å². The first-order chi connectivity index (χ1) is 4.79. The molecule has 0 N–H and O–H groups in total. The highest BCUT2D eigenvalue weighted by Crippen LogP contribution is 2.22. The zero-order valence-electron chi connectivity index (χ0n) is 6.37. The molecule has 1 heterocycles. The van der Waals surface area contributed by atoms with Gasteiger partial charge in [-0.25, -0.2) is 0 Å². The topological polar surface area (TPSA) is 36.3 Å². The van der Waals surface area contributed by atoms with Gasteiger partial charge in [-0.15, -0.1) is 0 Å². The molecule has 1 aliphatic rings. The van der Waals surface area contributed by atoms with E-state index in [4.69, 9.17) is 10.00 Å². The summed E-state index contributed by atoms with van der Waals surface area (Å²) in [5, 5.41) is 8.63. The minimum Gasteiger partial charge on any atom is -0.361 e. The molecule has 1 saturated heterocycles. The van der Waals surface area contributed by atoms with E-state index < -0.39 is 0 Å². The number of methoxy groups -OCH3 is 1. The predicted octanol–water partition coefficient (Wildman–Crippen LogP) is 0.924. The van der Waals surface area contributed by atoms with Crippen molar-refractivity contribution in [2.75, 3.05) is 7.11 Å². The monoisotopic (exact) mass is 140 g/mol. The van der Waals surface area contributed by atoms with Crippen LogP contribution >= 0.6 is 0 Å². The second-order valence-electron chi connectivity index (χ2n) is 2.62. The number of rotatable bonds is 1. The van der Waals surface area contributed by atoms with Crippen LogP contribution in [-0.2, 0) is 4.74 Å². The van der Waals surface area contributed by atoms with Crippen molar-refractivity contribution in [1.82, 2.24) is 4.90 Å². The Balaban J connectivity index is 2.56. The van der Waals surface area contributed by atoms with E-state index in [-0.39, 0.29) is 6.23 Å². The van der Waals surface area contributed by atoms with Gasteiger partial charge in [-0.05, 0) is 19.8 Å². The van der Waals surface area contributed by atoms with Gasteiger partial charge in [-0.3, -0.25) is 4.90 Å². The first-order valence-electron chi connectivity index (χ1n) is 3.50. The molecular formula is C7H12N2O. The summed E-state index contributed by atoms with van der Waals surface area (Å²) < 4.78 is 5.09. The van der Waals surface area contributed by atoms with Crippen molar-refractivity contribution >= 4 is 0 Å². The summed E-state index contributed by atoms with van der Waals surface area (Å²) in [4.78, 5) is 1.71. The van der Waals surface area contributed by atoms with Gasteiger partial charge in [0.25, 0.3) is 0 Å². The SMILES string of the molecule is COC1CCC(C)N1C#N. The summed E-state index contributed by atoms with van der Waals surface area (Å²) in [6.45, 7) is 2.04. The third-order valence-corrected chi connectivity index (χ3v) is 2.00. The van der Waals surface area contributed by atoms with Gasteiger partial charge in [0.1, 0.15) is 6.23 Å². The maximum atomic E-state index is 8.63. The maximum Gasteiger partial charge on any atom is 0.181 e. The second-order valence-corrected chi connectivity index (χ2v) is 2.62. The lowest BCUT2D eigenvalue weighted by molar-refractivity contribution is 0.0164. The van der Waals surface area contributed by atoms with Gasteiger partial charge < -0.3 is 4.74 Å². The molecule has 2 unspecified atom stereocenters. The van der Waals surface area contributed by atoms with E-state index in [1.807, 2.05) is 6.92 Å². The van der Waals surface area contributed by atoms with Gasteiger partial charge in [-0.1, -0.05) is 0 Å². The van der Waals surface area contributed by atoms with Gasteiger partial charge in [0.15, 0.2) is 6.19 Å². The Morgan fingerprint density at radius 1 is 1.60 bits per heavy atom. The van der Waals surface area contributed by atoms with Gasteiger partial charge in [0.05, 0.1) is 0 Å². The molecule has 0 spiro atoms. The Kier molecular flexibility index (Phi) is 2.13. The highest BCUT2D eigenvalue weighted by atomic mass is 16.5. The summed E-state index contributed by atoms with van der Waals surface area (Å²) in [5.74, 6) is 0. The fourth-order valence-corrected chi connectivity index (χ4v) is 1.34. The Hall–Kier alpha value is -0.750. The predicted molar refractivity (Wildman–Crippen MR) is 36.9 cm³/mol. The van der Waals surface area contributed by atoms with Gasteiger partial charge >= 0.3 is 0 Å². The van der Waals surface area contributed by atoms with Gasteiger partial charge in [0.2, 0.25) is 0 Å². The van der Waals surface area contributed by atoms with Crippen molar-refractivity contribution in [3.8, 4) is 6.19 Å². The van der Waals surface area contributed by atoms with Crippen LogP contribution in [0.1, 0.15) is 19.8 Å². The van der Waals surface area contributed by atoms with Crippen molar-refractivity contribution in [2.24, 2.45) is 0 Å². The summed E-state index contributed by atoms with van der Waals surface area (Å²) in [6.07, 6.45) is 4.19. The van der Waals surface area contributed by atoms with Crippen LogP contribution in [0.5, 0.6) is 0 Å². The number of nitriles is 1. The normalized spacial score (nSPS) is 32.3. The lowest BCUT2D eigenvalue weighted by atomic mass is 10.2. The highest BCUT2D eigenvalue weighted by molar-refractivity contribution is 4.88. The van der Waals surface area contributed by atoms with Gasteiger partial charge in [-0.2, -0.15) is 5.26 Å². The van der Waals surface area contributed by atoms with Crippen LogP contribution in [0.25, 0.3) is 0 Å². The van der Waals surface area contributed by atoms with Crippen molar-refractivity contribution < 1.29 is 4.74 Å². The molecule has 56 valence electrons. The molecule has 0 radical (unpaired) electrons. The smallest absolute Gasteiger partial charge is 0.181 e. The Morgan fingerprint density at radius 2 is 2.30 bits per heavy atom. The van der Waals surface area contributed by atoms with E-state index >= 15 is 0 Å². The lowest BCUT2D eigenvalue weighted by Gasteiger charge is -2.19. The third-order valence-electron chi connectivity index (χ3n) is 2.00. The molecule has 1 fully saturated rings. The molecule has 0 aromatic heterocycles. The van der Waals surface area contributed by atoms with Crippen LogP contribution < -0.4 is 0 Å². The molecular weight excluding hydrogens is 128 g/mol.